The Morgan fingerprint density at radius 2 is 1.78 bits per heavy atom. The lowest BCUT2D eigenvalue weighted by Crippen LogP contribution is -2.41. The molecule has 0 N–H and O–H groups in total. The van der Waals surface area contributed by atoms with Crippen LogP contribution in [0.4, 0.5) is 0 Å². The van der Waals surface area contributed by atoms with Crippen LogP contribution in [0.15, 0.2) is 18.3 Å². The van der Waals surface area contributed by atoms with Gasteiger partial charge in [-0.2, -0.15) is 5.10 Å². The highest BCUT2D eigenvalue weighted by atomic mass is 35.5. The molecule has 1 aliphatic heterocycles. The van der Waals surface area contributed by atoms with Crippen molar-refractivity contribution in [1.29, 1.82) is 0 Å². The molecule has 0 spiro atoms. The van der Waals surface area contributed by atoms with Crippen molar-refractivity contribution in [3.63, 3.8) is 0 Å². The van der Waals surface area contributed by atoms with E-state index in [1.807, 2.05) is 44.5 Å². The number of benzene rings is 1. The molecule has 0 amide bonds. The first-order chi connectivity index (χ1) is 12.4. The fraction of sp³-hybridized carbons (Fsp3) is 0.632. The summed E-state index contributed by atoms with van der Waals surface area (Å²) in [6.07, 6.45) is 1.79. The van der Waals surface area contributed by atoms with Gasteiger partial charge in [0.2, 0.25) is 0 Å². The Morgan fingerprint density at radius 1 is 1.15 bits per heavy atom. The van der Waals surface area contributed by atoms with Crippen LogP contribution in [0.1, 0.15) is 27.7 Å². The fourth-order valence-electron chi connectivity index (χ4n) is 2.92. The third kappa shape index (κ3) is 4.27. The summed E-state index contributed by atoms with van der Waals surface area (Å²) in [7, 11) is -1.57. The monoisotopic (exact) mass is 408 g/mol. The second-order valence-electron chi connectivity index (χ2n) is 9.48. The Balaban J connectivity index is 1.77. The van der Waals surface area contributed by atoms with Crippen LogP contribution in [0.3, 0.4) is 0 Å². The molecular formula is C19H30BClN2O3Si. The minimum absolute atomic E-state index is 0.398. The molecule has 0 saturated carbocycles. The van der Waals surface area contributed by atoms with Gasteiger partial charge in [0.15, 0.2) is 0 Å². The number of fused-ring (bicyclic) bond motifs is 1. The zero-order valence-electron chi connectivity index (χ0n) is 17.4. The molecule has 2 aromatic rings. The Labute approximate surface area is 168 Å². The van der Waals surface area contributed by atoms with Gasteiger partial charge in [-0.3, -0.25) is 0 Å². The summed E-state index contributed by atoms with van der Waals surface area (Å²) in [5.41, 5.74) is 0.990. The highest BCUT2D eigenvalue weighted by Crippen LogP contribution is 2.37. The fourth-order valence-corrected chi connectivity index (χ4v) is 3.98. The van der Waals surface area contributed by atoms with Crippen molar-refractivity contribution in [2.45, 2.75) is 71.3 Å². The lowest BCUT2D eigenvalue weighted by molar-refractivity contribution is 0.00578. The Morgan fingerprint density at radius 3 is 2.37 bits per heavy atom. The van der Waals surface area contributed by atoms with E-state index in [2.05, 4.69) is 24.7 Å². The normalized spacial score (nSPS) is 19.2. The second kappa shape index (κ2) is 7.19. The molecule has 8 heteroatoms. The molecule has 0 radical (unpaired) electrons. The summed E-state index contributed by atoms with van der Waals surface area (Å²) in [6, 6.07) is 5.11. The first kappa shape index (κ1) is 20.9. The first-order valence-electron chi connectivity index (χ1n) is 9.49. The minimum atomic E-state index is -1.09. The molecule has 1 aromatic carbocycles. The molecule has 1 aromatic heterocycles. The van der Waals surface area contributed by atoms with Crippen LogP contribution in [-0.2, 0) is 20.8 Å². The molecule has 0 aliphatic carbocycles. The van der Waals surface area contributed by atoms with E-state index in [4.69, 9.17) is 25.6 Å². The third-order valence-electron chi connectivity index (χ3n) is 5.51. The predicted octanol–water partition coefficient (Wildman–Crippen LogP) is 4.30. The standard InChI is InChI=1S/C19H30BClN2O3Si/c1-18(2)19(3,4)26-20(25-18)15-8-9-16-14(17(15)21)12-22-23(16)13-24-10-11-27(5,6)7/h8-9,12H,10-11,13H2,1-7H3. The average Bonchev–Trinajstić information content (AvgIpc) is 3.02. The SMILES string of the molecule is CC1(C)OB(c2ccc3c(cnn3COCC[Si](C)(C)C)c2Cl)OC1(C)C. The van der Waals surface area contributed by atoms with E-state index in [-0.39, 0.29) is 0 Å². The minimum Gasteiger partial charge on any atom is -0.399 e. The van der Waals surface area contributed by atoms with Crippen molar-refractivity contribution in [2.75, 3.05) is 6.61 Å². The average molecular weight is 409 g/mol. The Hall–Kier alpha value is -0.858. The molecule has 0 unspecified atom stereocenters. The van der Waals surface area contributed by atoms with Crippen LogP contribution in [0.2, 0.25) is 30.7 Å². The van der Waals surface area contributed by atoms with Gasteiger partial charge in [0.25, 0.3) is 0 Å². The lowest BCUT2D eigenvalue weighted by Gasteiger charge is -2.32. The molecule has 2 heterocycles. The maximum atomic E-state index is 6.69. The van der Waals surface area contributed by atoms with E-state index >= 15 is 0 Å². The zero-order chi connectivity index (χ0) is 20.0. The number of halogens is 1. The van der Waals surface area contributed by atoms with Gasteiger partial charge in [-0.1, -0.05) is 37.3 Å². The summed E-state index contributed by atoms with van der Waals surface area (Å²) < 4.78 is 20.0. The number of nitrogens with zero attached hydrogens (tertiary/aromatic N) is 2. The maximum Gasteiger partial charge on any atom is 0.496 e. The lowest BCUT2D eigenvalue weighted by atomic mass is 9.78. The number of aromatic nitrogens is 2. The Kier molecular flexibility index (Phi) is 5.56. The van der Waals surface area contributed by atoms with Gasteiger partial charge in [-0.15, -0.1) is 0 Å². The molecule has 148 valence electrons. The summed E-state index contributed by atoms with van der Waals surface area (Å²) in [4.78, 5) is 0. The molecule has 0 bridgehead atoms. The second-order valence-corrected chi connectivity index (χ2v) is 15.5. The molecule has 27 heavy (non-hydrogen) atoms. The molecule has 1 fully saturated rings. The number of hydrogen-bond acceptors (Lipinski definition) is 4. The smallest absolute Gasteiger partial charge is 0.399 e. The summed E-state index contributed by atoms with van der Waals surface area (Å²) in [6.45, 7) is 16.4. The van der Waals surface area contributed by atoms with Crippen LogP contribution >= 0.6 is 11.6 Å². The van der Waals surface area contributed by atoms with Crippen molar-refractivity contribution in [2.24, 2.45) is 0 Å². The number of hydrogen-bond donors (Lipinski definition) is 0. The van der Waals surface area contributed by atoms with Gasteiger partial charge >= 0.3 is 7.12 Å². The highest BCUT2D eigenvalue weighted by Gasteiger charge is 2.52. The van der Waals surface area contributed by atoms with Gasteiger partial charge in [-0.25, -0.2) is 4.68 Å². The molecular weight excluding hydrogens is 379 g/mol. The van der Waals surface area contributed by atoms with Gasteiger partial charge < -0.3 is 14.0 Å². The van der Waals surface area contributed by atoms with Crippen molar-refractivity contribution >= 4 is 43.2 Å². The van der Waals surface area contributed by atoms with Crippen molar-refractivity contribution in [3.8, 4) is 0 Å². The summed E-state index contributed by atoms with van der Waals surface area (Å²) in [5, 5.41) is 5.96. The molecule has 5 nitrogen and oxygen atoms in total. The molecule has 0 atom stereocenters. The summed E-state index contributed by atoms with van der Waals surface area (Å²) >= 11 is 6.69. The van der Waals surface area contributed by atoms with E-state index in [1.165, 1.54) is 0 Å². The number of ether oxygens (including phenoxy) is 1. The van der Waals surface area contributed by atoms with Crippen LogP contribution < -0.4 is 5.46 Å². The van der Waals surface area contributed by atoms with Gasteiger partial charge in [0.1, 0.15) is 6.73 Å². The van der Waals surface area contributed by atoms with E-state index in [1.54, 1.807) is 6.20 Å². The molecule has 1 aliphatic rings. The highest BCUT2D eigenvalue weighted by molar-refractivity contribution is 6.76. The van der Waals surface area contributed by atoms with Crippen LogP contribution in [0.5, 0.6) is 0 Å². The summed E-state index contributed by atoms with van der Waals surface area (Å²) in [5.74, 6) is 0. The van der Waals surface area contributed by atoms with Gasteiger partial charge in [-0.05, 0) is 39.8 Å². The first-order valence-corrected chi connectivity index (χ1v) is 13.6. The van der Waals surface area contributed by atoms with Gasteiger partial charge in [0, 0.05) is 25.5 Å². The van der Waals surface area contributed by atoms with Crippen molar-refractivity contribution < 1.29 is 14.0 Å². The van der Waals surface area contributed by atoms with Crippen molar-refractivity contribution in [1.82, 2.24) is 9.78 Å². The predicted molar refractivity (Wildman–Crippen MR) is 115 cm³/mol. The van der Waals surface area contributed by atoms with E-state index in [9.17, 15) is 0 Å². The Bertz CT molecular complexity index is 816. The van der Waals surface area contributed by atoms with E-state index in [0.717, 1.165) is 29.0 Å². The maximum absolute atomic E-state index is 6.69. The quantitative estimate of drug-likeness (QED) is 0.528. The van der Waals surface area contributed by atoms with Crippen LogP contribution in [0.25, 0.3) is 10.9 Å². The number of rotatable bonds is 6. The zero-order valence-corrected chi connectivity index (χ0v) is 19.2. The molecule has 3 rings (SSSR count). The van der Waals surface area contributed by atoms with Crippen molar-refractivity contribution in [3.05, 3.63) is 23.4 Å². The third-order valence-corrected chi connectivity index (χ3v) is 7.63. The molecule has 1 saturated heterocycles. The largest absolute Gasteiger partial charge is 0.496 e. The van der Waals surface area contributed by atoms with Crippen LogP contribution in [-0.4, -0.2) is 42.8 Å². The van der Waals surface area contributed by atoms with Gasteiger partial charge in [0.05, 0.1) is 27.9 Å². The topological polar surface area (TPSA) is 45.5 Å². The van der Waals surface area contributed by atoms with Crippen LogP contribution in [0, 0.1) is 0 Å². The van der Waals surface area contributed by atoms with E-state index < -0.39 is 26.4 Å². The van der Waals surface area contributed by atoms with E-state index in [0.29, 0.717) is 11.8 Å².